The third-order valence-corrected chi connectivity index (χ3v) is 6.53. The van der Waals surface area contributed by atoms with Gasteiger partial charge in [-0.25, -0.2) is 4.98 Å². The Balaban J connectivity index is 0.00000462. The fraction of sp³-hybridized carbons (Fsp3) is 0.120. The zero-order valence-electron chi connectivity index (χ0n) is 21.4. The van der Waals surface area contributed by atoms with Crippen molar-refractivity contribution >= 4 is 44.9 Å². The number of amidine groups is 1. The monoisotopic (exact) mass is 645 g/mol. The van der Waals surface area contributed by atoms with Gasteiger partial charge in [-0.15, -0.1) is 10.2 Å². The van der Waals surface area contributed by atoms with Gasteiger partial charge in [-0.1, -0.05) is 30.3 Å². The molecule has 41 heavy (non-hydrogen) atoms. The first kappa shape index (κ1) is 31.4. The number of nitrogen functional groups attached to an aromatic ring is 1. The largest absolute Gasteiger partial charge is 0.506 e. The van der Waals surface area contributed by atoms with Gasteiger partial charge in [0.25, 0.3) is 10.1 Å². The van der Waals surface area contributed by atoms with Crippen LogP contribution in [-0.2, 0) is 33.6 Å². The van der Waals surface area contributed by atoms with E-state index in [9.17, 15) is 23.2 Å². The van der Waals surface area contributed by atoms with Crippen molar-refractivity contribution in [1.29, 1.82) is 0 Å². The Labute approximate surface area is 250 Å². The van der Waals surface area contributed by atoms with Crippen LogP contribution in [0.1, 0.15) is 28.1 Å². The van der Waals surface area contributed by atoms with Crippen molar-refractivity contribution in [3.8, 4) is 11.5 Å². The second kappa shape index (κ2) is 13.0. The smallest absolute Gasteiger partial charge is 0.298 e. The fourth-order valence-corrected chi connectivity index (χ4v) is 4.49. The van der Waals surface area contributed by atoms with Crippen LogP contribution in [0.4, 0.5) is 17.3 Å². The first-order valence-corrected chi connectivity index (χ1v) is 13.3. The van der Waals surface area contributed by atoms with Crippen LogP contribution in [0.3, 0.4) is 0 Å². The van der Waals surface area contributed by atoms with Crippen molar-refractivity contribution in [2.45, 2.75) is 25.2 Å². The Hall–Kier alpha value is -4.14. The van der Waals surface area contributed by atoms with E-state index in [4.69, 9.17) is 17.3 Å². The molecule has 4 rings (SSSR count). The topological polar surface area (TPSA) is 209 Å². The van der Waals surface area contributed by atoms with Gasteiger partial charge < -0.3 is 15.9 Å². The van der Waals surface area contributed by atoms with Gasteiger partial charge in [-0.3, -0.25) is 9.98 Å². The summed E-state index contributed by atoms with van der Waals surface area (Å²) in [5.41, 5.74) is 10.9. The Bertz CT molecular complexity index is 1750. The molecule has 217 valence electrons. The third kappa shape index (κ3) is 7.96. The molecule has 0 spiro atoms. The molecular weight excluding hydrogens is 623 g/mol. The summed E-state index contributed by atoms with van der Waals surface area (Å²) in [6.45, 7) is 3.40. The van der Waals surface area contributed by atoms with Gasteiger partial charge in [0.05, 0.1) is 5.69 Å². The number of nitrogens with one attached hydrogen (secondary N) is 1. The number of hydrogen-bond acceptors (Lipinski definition) is 11. The molecule has 3 aromatic carbocycles. The summed E-state index contributed by atoms with van der Waals surface area (Å²) in [6, 6.07) is 14.4. The Morgan fingerprint density at radius 1 is 1.05 bits per heavy atom. The van der Waals surface area contributed by atoms with E-state index < -0.39 is 20.8 Å². The first-order valence-electron chi connectivity index (χ1n) is 11.5. The number of phenols is 2. The summed E-state index contributed by atoms with van der Waals surface area (Å²) in [7, 11) is -4.70. The molecule has 13 nitrogen and oxygen atoms in total. The minimum Gasteiger partial charge on any atom is -0.506 e. The van der Waals surface area contributed by atoms with E-state index in [0.717, 1.165) is 11.6 Å². The Kier molecular flexibility index (Phi) is 9.96. The molecule has 0 bridgehead atoms. The summed E-state index contributed by atoms with van der Waals surface area (Å²) in [6.07, 6.45) is 0.234. The zero-order valence-corrected chi connectivity index (χ0v) is 23.9. The van der Waals surface area contributed by atoms with Crippen molar-refractivity contribution < 1.29 is 40.3 Å². The van der Waals surface area contributed by atoms with Gasteiger partial charge in [0.15, 0.2) is 5.75 Å². The number of rotatable bonds is 7. The minimum atomic E-state index is -4.70. The molecule has 0 saturated heterocycles. The molecular formula is C25H23ClCuN8O5S. The number of hydrogen-bond donors (Lipinski definition) is 5. The van der Waals surface area contributed by atoms with Gasteiger partial charge in [-0.2, -0.15) is 23.5 Å². The normalized spacial score (nSPS) is 11.9. The number of aromatic hydroxyl groups is 2. The fourth-order valence-electron chi connectivity index (χ4n) is 3.63. The number of aryl methyl sites for hydroxylation is 2. The van der Waals surface area contributed by atoms with E-state index in [1.54, 1.807) is 31.2 Å². The summed E-state index contributed by atoms with van der Waals surface area (Å²) in [5, 5.41) is 33.4. The zero-order chi connectivity index (χ0) is 29.0. The molecule has 0 amide bonds. The molecule has 1 radical (unpaired) electrons. The van der Waals surface area contributed by atoms with Crippen LogP contribution in [0.5, 0.6) is 11.5 Å². The number of aromatic nitrogens is 3. The average Bonchev–Trinajstić information content (AvgIpc) is 2.86. The molecule has 1 aromatic heterocycles. The maximum atomic E-state index is 11.7. The van der Waals surface area contributed by atoms with Crippen molar-refractivity contribution in [2.75, 3.05) is 11.2 Å². The minimum absolute atomic E-state index is 0. The average molecular weight is 647 g/mol. The van der Waals surface area contributed by atoms with Crippen molar-refractivity contribution in [3.05, 3.63) is 88.0 Å². The third-order valence-electron chi connectivity index (χ3n) is 5.49. The quantitative estimate of drug-likeness (QED) is 0.0360. The number of azo groups is 1. The van der Waals surface area contributed by atoms with Gasteiger partial charge >= 0.3 is 0 Å². The molecule has 0 aliphatic carbocycles. The van der Waals surface area contributed by atoms with Gasteiger partial charge in [0, 0.05) is 29.1 Å². The first-order chi connectivity index (χ1) is 18.9. The van der Waals surface area contributed by atoms with Crippen LogP contribution in [0.2, 0.25) is 5.28 Å². The van der Waals surface area contributed by atoms with E-state index in [0.29, 0.717) is 22.5 Å². The van der Waals surface area contributed by atoms with Crippen molar-refractivity contribution in [2.24, 2.45) is 15.3 Å². The van der Waals surface area contributed by atoms with Crippen LogP contribution >= 0.6 is 11.6 Å². The SMILES string of the molecule is Cc1cc(N=N/C(=N\Nc2ccc(Cc3nc(N)nc(Cl)n3)cc2O)c2ccccc2C)c(O)c(S(=O)(=O)O)c1.[Cu]. The summed E-state index contributed by atoms with van der Waals surface area (Å²) < 4.78 is 32.7. The van der Waals surface area contributed by atoms with Crippen LogP contribution in [0, 0.1) is 13.8 Å². The van der Waals surface area contributed by atoms with Crippen molar-refractivity contribution in [1.82, 2.24) is 15.0 Å². The number of nitrogens with two attached hydrogens (primary N) is 1. The predicted octanol–water partition coefficient (Wildman–Crippen LogP) is 4.53. The maximum Gasteiger partial charge on any atom is 0.298 e. The second-order valence-electron chi connectivity index (χ2n) is 8.58. The van der Waals surface area contributed by atoms with E-state index in [2.05, 4.69) is 35.7 Å². The number of phenolic OH excluding ortho intramolecular Hbond substituents is 2. The summed E-state index contributed by atoms with van der Waals surface area (Å²) in [4.78, 5) is 11.1. The molecule has 0 aliphatic rings. The molecule has 0 fully saturated rings. The van der Waals surface area contributed by atoms with Crippen molar-refractivity contribution in [3.63, 3.8) is 0 Å². The molecule has 0 atom stereocenters. The second-order valence-corrected chi connectivity index (χ2v) is 10.3. The Morgan fingerprint density at radius 2 is 1.78 bits per heavy atom. The predicted molar refractivity (Wildman–Crippen MR) is 149 cm³/mol. The summed E-state index contributed by atoms with van der Waals surface area (Å²) >= 11 is 5.83. The molecule has 6 N–H and O–H groups in total. The molecule has 4 aromatic rings. The van der Waals surface area contributed by atoms with Gasteiger partial charge in [-0.05, 0) is 66.4 Å². The molecule has 0 aliphatic heterocycles. The van der Waals surface area contributed by atoms with E-state index in [-0.39, 0.29) is 57.7 Å². The standard InChI is InChI=1S/C25H23ClN8O5S.Cu/c1-13-9-18(22(36)20(10-13)40(37,38)39)32-34-23(16-6-4-3-5-14(16)2)33-31-17-8-7-15(11-19(17)35)12-21-28-24(26)30-25(27)29-21;/h3-11,31,35-36H,12H2,1-2H3,(H,37,38,39)(H2,27,28,29,30);/b33-23-,34-32?;. The van der Waals surface area contributed by atoms with Gasteiger partial charge in [0.1, 0.15) is 22.2 Å². The molecule has 0 unspecified atom stereocenters. The van der Waals surface area contributed by atoms with E-state index >= 15 is 0 Å². The van der Waals surface area contributed by atoms with E-state index in [1.807, 2.05) is 19.1 Å². The molecule has 0 saturated carbocycles. The van der Waals surface area contributed by atoms with Gasteiger partial charge in [0.2, 0.25) is 17.1 Å². The summed E-state index contributed by atoms with van der Waals surface area (Å²) in [5.74, 6) is -0.522. The van der Waals surface area contributed by atoms with E-state index in [1.165, 1.54) is 12.1 Å². The number of halogens is 1. The van der Waals surface area contributed by atoms with Crippen LogP contribution in [-0.4, -0.2) is 44.0 Å². The number of anilines is 2. The molecule has 1 heterocycles. The number of benzene rings is 3. The van der Waals surface area contributed by atoms with Crippen LogP contribution < -0.4 is 11.2 Å². The van der Waals surface area contributed by atoms with Crippen LogP contribution in [0.25, 0.3) is 0 Å². The van der Waals surface area contributed by atoms with Crippen LogP contribution in [0.15, 0.2) is 74.8 Å². The maximum absolute atomic E-state index is 11.7. The molecule has 16 heteroatoms. The number of hydrazone groups is 1. The number of nitrogens with zero attached hydrogens (tertiary/aromatic N) is 6. The Morgan fingerprint density at radius 3 is 2.44 bits per heavy atom.